The fraction of sp³-hybridized carbons (Fsp3) is 0.733. The lowest BCUT2D eigenvalue weighted by atomic mass is 9.72. The summed E-state index contributed by atoms with van der Waals surface area (Å²) < 4.78 is 1.94. The van der Waals surface area contributed by atoms with E-state index in [1.165, 1.54) is 0 Å². The summed E-state index contributed by atoms with van der Waals surface area (Å²) in [6.07, 6.45) is 5.14. The van der Waals surface area contributed by atoms with Crippen LogP contribution in [0, 0.1) is 11.3 Å². The van der Waals surface area contributed by atoms with Crippen LogP contribution in [-0.2, 0) is 11.3 Å². The molecule has 0 saturated heterocycles. The van der Waals surface area contributed by atoms with Crippen molar-refractivity contribution in [2.45, 2.75) is 52.0 Å². The molecule has 112 valence electrons. The van der Waals surface area contributed by atoms with Gasteiger partial charge in [-0.2, -0.15) is 5.10 Å². The quantitative estimate of drug-likeness (QED) is 0.836. The molecule has 3 N–H and O–H groups in total. The fourth-order valence-corrected chi connectivity index (χ4v) is 3.48. The molecule has 20 heavy (non-hydrogen) atoms. The predicted octanol–water partition coefficient (Wildman–Crippen LogP) is 2.23. The molecule has 5 nitrogen and oxygen atoms in total. The van der Waals surface area contributed by atoms with E-state index in [0.29, 0.717) is 12.5 Å². The van der Waals surface area contributed by atoms with Gasteiger partial charge < -0.3 is 10.8 Å². The van der Waals surface area contributed by atoms with Crippen LogP contribution in [0.5, 0.6) is 0 Å². The Morgan fingerprint density at radius 2 is 2.15 bits per heavy atom. The fourth-order valence-electron chi connectivity index (χ4n) is 3.48. The maximum absolute atomic E-state index is 11.9. The van der Waals surface area contributed by atoms with Crippen molar-refractivity contribution in [3.63, 3.8) is 0 Å². The Morgan fingerprint density at radius 3 is 2.65 bits per heavy atom. The van der Waals surface area contributed by atoms with Crippen molar-refractivity contribution < 1.29 is 9.90 Å². The monoisotopic (exact) mass is 279 g/mol. The topological polar surface area (TPSA) is 81.1 Å². The maximum atomic E-state index is 11.9. The third-order valence-corrected chi connectivity index (χ3v) is 4.47. The van der Waals surface area contributed by atoms with Gasteiger partial charge >= 0.3 is 5.97 Å². The molecule has 0 bridgehead atoms. The van der Waals surface area contributed by atoms with Crippen LogP contribution in [0.4, 0.5) is 0 Å². The van der Waals surface area contributed by atoms with Crippen LogP contribution in [0.15, 0.2) is 12.3 Å². The summed E-state index contributed by atoms with van der Waals surface area (Å²) in [6, 6.07) is 1.93. The maximum Gasteiger partial charge on any atom is 0.310 e. The predicted molar refractivity (Wildman–Crippen MR) is 77.4 cm³/mol. The Hall–Kier alpha value is -1.36. The Labute approximate surface area is 120 Å². The van der Waals surface area contributed by atoms with Crippen LogP contribution < -0.4 is 5.73 Å². The first kappa shape index (κ1) is 15.0. The van der Waals surface area contributed by atoms with Crippen LogP contribution in [0.25, 0.3) is 0 Å². The number of aliphatic carboxylic acids is 1. The van der Waals surface area contributed by atoms with Crippen molar-refractivity contribution in [1.29, 1.82) is 0 Å². The summed E-state index contributed by atoms with van der Waals surface area (Å²) in [7, 11) is 0. The van der Waals surface area contributed by atoms with Crippen LogP contribution >= 0.6 is 0 Å². The van der Waals surface area contributed by atoms with Gasteiger partial charge in [-0.15, -0.1) is 0 Å². The van der Waals surface area contributed by atoms with Crippen molar-refractivity contribution in [2.24, 2.45) is 17.1 Å². The summed E-state index contributed by atoms with van der Waals surface area (Å²) in [4.78, 5) is 11.9. The molecule has 1 aromatic rings. The highest BCUT2D eigenvalue weighted by Crippen LogP contribution is 2.48. The van der Waals surface area contributed by atoms with E-state index in [9.17, 15) is 9.90 Å². The Morgan fingerprint density at radius 1 is 1.50 bits per heavy atom. The molecule has 5 heteroatoms. The molecule has 1 fully saturated rings. The largest absolute Gasteiger partial charge is 0.481 e. The van der Waals surface area contributed by atoms with Crippen LogP contribution in [0.2, 0.25) is 0 Å². The van der Waals surface area contributed by atoms with Gasteiger partial charge in [-0.05, 0) is 24.8 Å². The first-order valence-electron chi connectivity index (χ1n) is 7.46. The van der Waals surface area contributed by atoms with Crippen LogP contribution in [-0.4, -0.2) is 27.4 Å². The Bertz CT molecular complexity index is 461. The second kappa shape index (κ2) is 5.95. The minimum absolute atomic E-state index is 0.149. The van der Waals surface area contributed by atoms with Gasteiger partial charge in [-0.1, -0.05) is 26.7 Å². The highest BCUT2D eigenvalue weighted by Gasteiger charge is 2.48. The minimum atomic E-state index is -0.706. The lowest BCUT2D eigenvalue weighted by Gasteiger charge is -2.33. The van der Waals surface area contributed by atoms with Gasteiger partial charge in [-0.25, -0.2) is 0 Å². The van der Waals surface area contributed by atoms with Crippen molar-refractivity contribution in [1.82, 2.24) is 9.78 Å². The number of nitrogens with zero attached hydrogens (tertiary/aromatic N) is 2. The lowest BCUT2D eigenvalue weighted by molar-refractivity contribution is -0.150. The number of carboxylic acids is 1. The molecule has 0 aliphatic heterocycles. The highest BCUT2D eigenvalue weighted by atomic mass is 16.4. The van der Waals surface area contributed by atoms with Crippen molar-refractivity contribution in [3.8, 4) is 0 Å². The van der Waals surface area contributed by atoms with Crippen molar-refractivity contribution in [3.05, 3.63) is 18.0 Å². The van der Waals surface area contributed by atoms with Crippen LogP contribution in [0.1, 0.15) is 51.1 Å². The molecule has 0 amide bonds. The molecule has 0 radical (unpaired) electrons. The van der Waals surface area contributed by atoms with E-state index in [4.69, 9.17) is 5.73 Å². The SMILES string of the molecule is CC(C)Cn1nccc1C(CN)C1(C(=O)O)CCCC1. The highest BCUT2D eigenvalue weighted by molar-refractivity contribution is 5.76. The van der Waals surface area contributed by atoms with Crippen LogP contribution in [0.3, 0.4) is 0 Å². The van der Waals surface area contributed by atoms with Gasteiger partial charge in [0.05, 0.1) is 5.41 Å². The molecule has 0 spiro atoms. The molecule has 0 aromatic carbocycles. The third-order valence-electron chi connectivity index (χ3n) is 4.47. The van der Waals surface area contributed by atoms with Gasteiger partial charge in [0, 0.05) is 30.9 Å². The van der Waals surface area contributed by atoms with E-state index in [0.717, 1.165) is 37.9 Å². The first-order chi connectivity index (χ1) is 9.51. The molecule has 1 aromatic heterocycles. The van der Waals surface area contributed by atoms with E-state index < -0.39 is 11.4 Å². The van der Waals surface area contributed by atoms with E-state index in [-0.39, 0.29) is 5.92 Å². The summed E-state index contributed by atoms with van der Waals surface area (Å²) in [5, 5.41) is 14.1. The number of carboxylic acid groups (broad SMARTS) is 1. The lowest BCUT2D eigenvalue weighted by Crippen LogP contribution is -2.39. The summed E-state index contributed by atoms with van der Waals surface area (Å²) in [5.41, 5.74) is 6.23. The zero-order chi connectivity index (χ0) is 14.8. The average molecular weight is 279 g/mol. The molecular formula is C15H25N3O2. The number of hydrogen-bond donors (Lipinski definition) is 2. The summed E-state index contributed by atoms with van der Waals surface area (Å²) >= 11 is 0. The summed E-state index contributed by atoms with van der Waals surface area (Å²) in [6.45, 7) is 5.42. The van der Waals surface area contributed by atoms with Crippen molar-refractivity contribution in [2.75, 3.05) is 6.54 Å². The standard InChI is InChI=1S/C15H25N3O2/c1-11(2)10-18-13(5-8-17-18)12(9-16)15(14(19)20)6-3-4-7-15/h5,8,11-12H,3-4,6-7,9-10,16H2,1-2H3,(H,19,20). The second-order valence-corrected chi connectivity index (χ2v) is 6.29. The van der Waals surface area contributed by atoms with Gasteiger partial charge in [0.1, 0.15) is 0 Å². The molecule has 2 rings (SSSR count). The van der Waals surface area contributed by atoms with Gasteiger partial charge in [0.15, 0.2) is 0 Å². The van der Waals surface area contributed by atoms with Gasteiger partial charge in [-0.3, -0.25) is 9.48 Å². The van der Waals surface area contributed by atoms with E-state index in [1.807, 2.05) is 10.7 Å². The first-order valence-corrected chi connectivity index (χ1v) is 7.46. The number of rotatable bonds is 6. The molecular weight excluding hydrogens is 254 g/mol. The van der Waals surface area contributed by atoms with E-state index >= 15 is 0 Å². The van der Waals surface area contributed by atoms with Crippen molar-refractivity contribution >= 4 is 5.97 Å². The molecule has 1 aliphatic carbocycles. The number of hydrogen-bond acceptors (Lipinski definition) is 3. The normalized spacial score (nSPS) is 19.4. The second-order valence-electron chi connectivity index (χ2n) is 6.29. The van der Waals surface area contributed by atoms with Gasteiger partial charge in [0.25, 0.3) is 0 Å². The van der Waals surface area contributed by atoms with Gasteiger partial charge in [0.2, 0.25) is 0 Å². The molecule has 1 atom stereocenters. The minimum Gasteiger partial charge on any atom is -0.481 e. The third kappa shape index (κ3) is 2.59. The Kier molecular flexibility index (Phi) is 4.48. The van der Waals surface area contributed by atoms with E-state index in [1.54, 1.807) is 6.20 Å². The number of carbonyl (C=O) groups is 1. The smallest absolute Gasteiger partial charge is 0.310 e. The zero-order valence-corrected chi connectivity index (χ0v) is 12.4. The van der Waals surface area contributed by atoms with E-state index in [2.05, 4.69) is 18.9 Å². The molecule has 1 saturated carbocycles. The number of nitrogens with two attached hydrogens (primary N) is 1. The summed E-state index contributed by atoms with van der Waals surface area (Å²) in [5.74, 6) is -0.386. The molecule has 1 aliphatic rings. The Balaban J connectivity index is 2.36. The number of aromatic nitrogens is 2. The molecule has 1 heterocycles. The molecule has 1 unspecified atom stereocenters. The zero-order valence-electron chi connectivity index (χ0n) is 12.4. The average Bonchev–Trinajstić information content (AvgIpc) is 3.01.